The van der Waals surface area contributed by atoms with Crippen molar-refractivity contribution in [2.45, 2.75) is 19.9 Å². The summed E-state index contributed by atoms with van der Waals surface area (Å²) in [5.74, 6) is 0. The number of thiophene rings is 1. The molecule has 0 aliphatic rings. The van der Waals surface area contributed by atoms with Gasteiger partial charge in [-0.25, -0.2) is 0 Å². The number of aryl methyl sites for hydroxylation is 1. The van der Waals surface area contributed by atoms with Gasteiger partial charge in [0, 0.05) is 9.35 Å². The molecule has 1 nitrogen and oxygen atoms in total. The Kier molecular flexibility index (Phi) is 4.84. The number of halogens is 2. The topological polar surface area (TPSA) is 12.0 Å². The van der Waals surface area contributed by atoms with Gasteiger partial charge in [0.1, 0.15) is 0 Å². The van der Waals surface area contributed by atoms with E-state index < -0.39 is 0 Å². The Morgan fingerprint density at radius 3 is 2.78 bits per heavy atom. The SMILES string of the molecule is CCNC(c1cc(Br)ccc1C)c1sccc1Cl. The highest BCUT2D eigenvalue weighted by Gasteiger charge is 2.19. The van der Waals surface area contributed by atoms with Crippen LogP contribution in [0.1, 0.15) is 29.0 Å². The second kappa shape index (κ2) is 6.20. The highest BCUT2D eigenvalue weighted by atomic mass is 79.9. The van der Waals surface area contributed by atoms with Crippen LogP contribution in [0.5, 0.6) is 0 Å². The lowest BCUT2D eigenvalue weighted by Crippen LogP contribution is -2.22. The van der Waals surface area contributed by atoms with E-state index in [2.05, 4.69) is 53.3 Å². The summed E-state index contributed by atoms with van der Waals surface area (Å²) in [7, 11) is 0. The Hall–Kier alpha value is -0.350. The van der Waals surface area contributed by atoms with Gasteiger partial charge in [0.15, 0.2) is 0 Å². The molecule has 1 aromatic carbocycles. The summed E-state index contributed by atoms with van der Waals surface area (Å²) in [6.07, 6.45) is 0. The van der Waals surface area contributed by atoms with E-state index in [9.17, 15) is 0 Å². The summed E-state index contributed by atoms with van der Waals surface area (Å²) >= 11 is 11.5. The zero-order valence-corrected chi connectivity index (χ0v) is 13.5. The fraction of sp³-hybridized carbons (Fsp3) is 0.286. The van der Waals surface area contributed by atoms with Crippen molar-refractivity contribution in [3.8, 4) is 0 Å². The van der Waals surface area contributed by atoms with Crippen molar-refractivity contribution in [1.82, 2.24) is 5.32 Å². The second-order valence-electron chi connectivity index (χ2n) is 4.12. The molecule has 2 rings (SSSR count). The molecule has 1 N–H and O–H groups in total. The first kappa shape index (κ1) is 14.1. The van der Waals surface area contributed by atoms with Crippen molar-refractivity contribution < 1.29 is 0 Å². The van der Waals surface area contributed by atoms with E-state index >= 15 is 0 Å². The molecule has 0 fully saturated rings. The van der Waals surface area contributed by atoms with Gasteiger partial charge < -0.3 is 5.32 Å². The Morgan fingerprint density at radius 1 is 1.39 bits per heavy atom. The van der Waals surface area contributed by atoms with Gasteiger partial charge in [-0.1, -0.05) is 40.5 Å². The minimum absolute atomic E-state index is 0.167. The molecular formula is C14H15BrClNS. The third-order valence-electron chi connectivity index (χ3n) is 2.87. The van der Waals surface area contributed by atoms with Gasteiger partial charge in [0.25, 0.3) is 0 Å². The fourth-order valence-electron chi connectivity index (χ4n) is 1.98. The first-order valence-electron chi connectivity index (χ1n) is 5.85. The zero-order valence-electron chi connectivity index (χ0n) is 10.3. The van der Waals surface area contributed by atoms with Crippen molar-refractivity contribution in [3.63, 3.8) is 0 Å². The zero-order chi connectivity index (χ0) is 13.1. The Bertz CT molecular complexity index is 538. The maximum atomic E-state index is 6.27. The highest BCUT2D eigenvalue weighted by molar-refractivity contribution is 9.10. The first-order chi connectivity index (χ1) is 8.63. The lowest BCUT2D eigenvalue weighted by molar-refractivity contribution is 0.636. The molecule has 96 valence electrons. The molecule has 1 aromatic heterocycles. The van der Waals surface area contributed by atoms with Crippen molar-refractivity contribution >= 4 is 38.9 Å². The van der Waals surface area contributed by atoms with E-state index in [1.807, 2.05) is 11.4 Å². The quantitative estimate of drug-likeness (QED) is 0.806. The molecule has 0 aliphatic heterocycles. The number of nitrogens with one attached hydrogen (secondary N) is 1. The Balaban J connectivity index is 2.48. The molecule has 0 amide bonds. The van der Waals surface area contributed by atoms with Gasteiger partial charge >= 0.3 is 0 Å². The van der Waals surface area contributed by atoms with Crippen LogP contribution in [-0.4, -0.2) is 6.54 Å². The number of rotatable bonds is 4. The third-order valence-corrected chi connectivity index (χ3v) is 4.78. The van der Waals surface area contributed by atoms with Gasteiger partial charge in [-0.2, -0.15) is 0 Å². The van der Waals surface area contributed by atoms with E-state index in [-0.39, 0.29) is 6.04 Å². The minimum Gasteiger partial charge on any atom is -0.306 e. The molecule has 1 unspecified atom stereocenters. The molecule has 1 atom stereocenters. The Labute approximate surface area is 125 Å². The fourth-order valence-corrected chi connectivity index (χ4v) is 3.62. The average molecular weight is 345 g/mol. The van der Waals surface area contributed by atoms with Crippen molar-refractivity contribution in [1.29, 1.82) is 0 Å². The maximum absolute atomic E-state index is 6.27. The molecule has 2 aromatic rings. The predicted octanol–water partition coefficient (Wildman–Crippen LogP) is 5.17. The summed E-state index contributed by atoms with van der Waals surface area (Å²) in [5, 5.41) is 6.39. The number of hydrogen-bond acceptors (Lipinski definition) is 2. The molecule has 0 spiro atoms. The van der Waals surface area contributed by atoms with Crippen molar-refractivity contribution in [3.05, 3.63) is 55.1 Å². The molecular weight excluding hydrogens is 330 g/mol. The minimum atomic E-state index is 0.167. The van der Waals surface area contributed by atoms with Crippen molar-refractivity contribution in [2.24, 2.45) is 0 Å². The first-order valence-corrected chi connectivity index (χ1v) is 7.91. The molecule has 0 saturated heterocycles. The van der Waals surface area contributed by atoms with Gasteiger partial charge in [-0.05, 0) is 48.2 Å². The third kappa shape index (κ3) is 2.97. The van der Waals surface area contributed by atoms with Gasteiger partial charge in [-0.15, -0.1) is 11.3 Å². The summed E-state index contributed by atoms with van der Waals surface area (Å²) in [4.78, 5) is 1.18. The van der Waals surface area contributed by atoms with Crippen LogP contribution in [0.2, 0.25) is 5.02 Å². The smallest absolute Gasteiger partial charge is 0.0689 e. The molecule has 18 heavy (non-hydrogen) atoms. The number of benzene rings is 1. The lowest BCUT2D eigenvalue weighted by Gasteiger charge is -2.20. The molecule has 0 saturated carbocycles. The van der Waals surface area contributed by atoms with E-state index in [0.717, 1.165) is 16.0 Å². The van der Waals surface area contributed by atoms with E-state index in [1.165, 1.54) is 16.0 Å². The van der Waals surface area contributed by atoms with Crippen LogP contribution in [0.3, 0.4) is 0 Å². The highest BCUT2D eigenvalue weighted by Crippen LogP contribution is 2.35. The molecule has 0 radical (unpaired) electrons. The molecule has 0 bridgehead atoms. The van der Waals surface area contributed by atoms with Crippen LogP contribution in [0.25, 0.3) is 0 Å². The molecule has 1 heterocycles. The lowest BCUT2D eigenvalue weighted by atomic mass is 10.00. The van der Waals surface area contributed by atoms with Crippen LogP contribution in [0.15, 0.2) is 34.1 Å². The summed E-state index contributed by atoms with van der Waals surface area (Å²) in [5.41, 5.74) is 2.55. The van der Waals surface area contributed by atoms with Crippen LogP contribution in [0, 0.1) is 6.92 Å². The standard InChI is InChI=1S/C14H15BrClNS/c1-3-17-13(14-12(16)6-7-18-14)11-8-10(15)5-4-9(11)2/h4-8,13,17H,3H2,1-2H3. The molecule has 4 heteroatoms. The number of hydrogen-bond donors (Lipinski definition) is 1. The van der Waals surface area contributed by atoms with Crippen LogP contribution >= 0.6 is 38.9 Å². The van der Waals surface area contributed by atoms with Gasteiger partial charge in [0.2, 0.25) is 0 Å². The van der Waals surface area contributed by atoms with Crippen LogP contribution in [-0.2, 0) is 0 Å². The molecule has 0 aliphatic carbocycles. The maximum Gasteiger partial charge on any atom is 0.0689 e. The van der Waals surface area contributed by atoms with E-state index in [4.69, 9.17) is 11.6 Å². The summed E-state index contributed by atoms with van der Waals surface area (Å²) in [6, 6.07) is 8.49. The normalized spacial score (nSPS) is 12.7. The van der Waals surface area contributed by atoms with Gasteiger partial charge in [0.05, 0.1) is 11.1 Å². The van der Waals surface area contributed by atoms with E-state index in [0.29, 0.717) is 0 Å². The average Bonchev–Trinajstić information content (AvgIpc) is 2.76. The van der Waals surface area contributed by atoms with Gasteiger partial charge in [-0.3, -0.25) is 0 Å². The monoisotopic (exact) mass is 343 g/mol. The largest absolute Gasteiger partial charge is 0.306 e. The summed E-state index contributed by atoms with van der Waals surface area (Å²) in [6.45, 7) is 5.15. The Morgan fingerprint density at radius 2 is 2.17 bits per heavy atom. The van der Waals surface area contributed by atoms with Crippen LogP contribution < -0.4 is 5.32 Å². The predicted molar refractivity (Wildman–Crippen MR) is 83.7 cm³/mol. The second-order valence-corrected chi connectivity index (χ2v) is 6.39. The summed E-state index contributed by atoms with van der Waals surface area (Å²) < 4.78 is 1.10. The van der Waals surface area contributed by atoms with Crippen LogP contribution in [0.4, 0.5) is 0 Å². The van der Waals surface area contributed by atoms with E-state index in [1.54, 1.807) is 11.3 Å². The van der Waals surface area contributed by atoms with Crippen molar-refractivity contribution in [2.75, 3.05) is 6.54 Å².